The Morgan fingerprint density at radius 3 is 1.94 bits per heavy atom. The minimum atomic E-state index is -0.234. The molecule has 0 saturated carbocycles. The van der Waals surface area contributed by atoms with Gasteiger partial charge >= 0.3 is 0 Å². The lowest BCUT2D eigenvalue weighted by molar-refractivity contribution is 0.667. The summed E-state index contributed by atoms with van der Waals surface area (Å²) in [6, 6.07) is 68.4. The summed E-state index contributed by atoms with van der Waals surface area (Å²) < 4.78 is 0. The molecule has 312 valence electrons. The Balaban J connectivity index is 1.10. The van der Waals surface area contributed by atoms with Gasteiger partial charge in [0.2, 0.25) is 0 Å². The lowest BCUT2D eigenvalue weighted by atomic mass is 9.78. The van der Waals surface area contributed by atoms with Gasteiger partial charge in [-0.3, -0.25) is 0 Å². The average Bonchev–Trinajstić information content (AvgIpc) is 3.59. The van der Waals surface area contributed by atoms with Gasteiger partial charge in [0, 0.05) is 27.8 Å². The van der Waals surface area contributed by atoms with Gasteiger partial charge in [0.25, 0.3) is 0 Å². The minimum Gasteiger partial charge on any atom is -0.317 e. The molecule has 0 aromatic heterocycles. The van der Waals surface area contributed by atoms with Crippen LogP contribution in [0.2, 0.25) is 0 Å². The van der Waals surface area contributed by atoms with Crippen molar-refractivity contribution >= 4 is 61.6 Å². The first-order valence-corrected chi connectivity index (χ1v) is 23.0. The van der Waals surface area contributed by atoms with Crippen LogP contribution in [0.4, 0.5) is 11.4 Å². The van der Waals surface area contributed by atoms with Gasteiger partial charge in [-0.15, -0.1) is 12.6 Å². The molecule has 0 fully saturated rings. The Kier molecular flexibility index (Phi) is 10.1. The van der Waals surface area contributed by atoms with E-state index in [2.05, 4.69) is 214 Å². The molecule has 9 aromatic rings. The highest BCUT2D eigenvalue weighted by Crippen LogP contribution is 2.56. The first-order chi connectivity index (χ1) is 31.8. The lowest BCUT2D eigenvalue weighted by Crippen LogP contribution is -2.15. The molecule has 11 rings (SSSR count). The van der Waals surface area contributed by atoms with Crippen LogP contribution in [0.25, 0.3) is 82.1 Å². The van der Waals surface area contributed by atoms with Crippen molar-refractivity contribution in [2.24, 2.45) is 0 Å². The van der Waals surface area contributed by atoms with Crippen LogP contribution in [0.1, 0.15) is 54.5 Å². The van der Waals surface area contributed by atoms with E-state index in [9.17, 15) is 0 Å². The summed E-state index contributed by atoms with van der Waals surface area (Å²) in [7, 11) is 0. The van der Waals surface area contributed by atoms with Gasteiger partial charge in [-0.1, -0.05) is 191 Å². The van der Waals surface area contributed by atoms with Gasteiger partial charge in [-0.25, -0.2) is 0 Å². The summed E-state index contributed by atoms with van der Waals surface area (Å²) in [5.74, 6) is 0. The summed E-state index contributed by atoms with van der Waals surface area (Å²) in [6.07, 6.45) is 8.35. The summed E-state index contributed by atoms with van der Waals surface area (Å²) in [6.45, 7) is 14.0. The third kappa shape index (κ3) is 6.97. The fourth-order valence-electron chi connectivity index (χ4n) is 10.5. The van der Waals surface area contributed by atoms with Crippen molar-refractivity contribution in [1.29, 1.82) is 0 Å². The van der Waals surface area contributed by atoms with E-state index in [0.29, 0.717) is 0 Å². The van der Waals surface area contributed by atoms with Crippen LogP contribution >= 0.6 is 12.6 Å². The zero-order valence-electron chi connectivity index (χ0n) is 36.9. The largest absolute Gasteiger partial charge is 0.317 e. The number of hydrogen-bond acceptors (Lipinski definition) is 2. The second-order valence-corrected chi connectivity index (χ2v) is 18.4. The van der Waals surface area contributed by atoms with Crippen molar-refractivity contribution in [2.45, 2.75) is 32.1 Å². The van der Waals surface area contributed by atoms with Gasteiger partial charge in [0.05, 0.1) is 5.69 Å². The number of rotatable bonds is 7. The van der Waals surface area contributed by atoms with Crippen LogP contribution < -0.4 is 4.90 Å². The highest BCUT2D eigenvalue weighted by molar-refractivity contribution is 7.90. The molecular weight excluding hydrogens is 803 g/mol. The van der Waals surface area contributed by atoms with E-state index in [-0.39, 0.29) is 5.41 Å². The molecule has 0 unspecified atom stereocenters. The molecule has 1 aliphatic carbocycles. The molecule has 0 radical (unpaired) electrons. The molecule has 1 aliphatic heterocycles. The molecule has 2 heteroatoms. The van der Waals surface area contributed by atoms with E-state index in [1.807, 2.05) is 18.2 Å². The quantitative estimate of drug-likeness (QED) is 0.0950. The number of allylic oxidation sites excluding steroid dienone is 4. The monoisotopic (exact) mass is 851 g/mol. The van der Waals surface area contributed by atoms with Gasteiger partial charge in [0.1, 0.15) is 0 Å². The van der Waals surface area contributed by atoms with Crippen molar-refractivity contribution in [3.05, 3.63) is 247 Å². The van der Waals surface area contributed by atoms with Crippen molar-refractivity contribution < 1.29 is 0 Å². The van der Waals surface area contributed by atoms with Gasteiger partial charge < -0.3 is 4.90 Å². The Bertz CT molecular complexity index is 3420. The molecule has 65 heavy (non-hydrogen) atoms. The van der Waals surface area contributed by atoms with Gasteiger partial charge in [-0.2, -0.15) is 0 Å². The van der Waals surface area contributed by atoms with Crippen molar-refractivity contribution in [3.8, 4) is 44.5 Å². The maximum atomic E-state index is 5.16. The maximum absolute atomic E-state index is 5.16. The Morgan fingerprint density at radius 1 is 0.554 bits per heavy atom. The second kappa shape index (κ2) is 16.3. The zero-order chi connectivity index (χ0) is 44.2. The molecule has 2 aliphatic rings. The number of thiol groups is 1. The topological polar surface area (TPSA) is 3.24 Å². The highest BCUT2D eigenvalue weighted by atomic mass is 32.1. The average molecular weight is 852 g/mol. The SMILES string of the molecule is C=C(/C=C(\S)c1ccc(-c2ccc3c(c2)C(C)(C)c2c-3c3ccccc3c3ccccc23)c(-c2cccc3c2C(=C)CC/C=C\N3c2ccc(-c3ccccc3)cc2)c1)c1ccccc1. The van der Waals surface area contributed by atoms with Crippen molar-refractivity contribution in [1.82, 2.24) is 0 Å². The molecule has 0 bridgehead atoms. The van der Waals surface area contributed by atoms with Crippen LogP contribution in [0, 0.1) is 0 Å². The van der Waals surface area contributed by atoms with Crippen LogP contribution in [-0.4, -0.2) is 0 Å². The Morgan fingerprint density at radius 2 is 1.18 bits per heavy atom. The van der Waals surface area contributed by atoms with E-state index in [4.69, 9.17) is 19.2 Å². The second-order valence-electron chi connectivity index (χ2n) is 17.9. The van der Waals surface area contributed by atoms with Crippen LogP contribution in [0.3, 0.4) is 0 Å². The smallest absolute Gasteiger partial charge is 0.0536 e. The van der Waals surface area contributed by atoms with Crippen LogP contribution in [0.15, 0.2) is 220 Å². The molecule has 9 aromatic carbocycles. The van der Waals surface area contributed by atoms with Crippen molar-refractivity contribution in [3.63, 3.8) is 0 Å². The summed E-state index contributed by atoms with van der Waals surface area (Å²) in [5.41, 5.74) is 19.7. The first kappa shape index (κ1) is 40.4. The third-order valence-corrected chi connectivity index (χ3v) is 14.1. The number of fused-ring (bicyclic) bond motifs is 9. The first-order valence-electron chi connectivity index (χ1n) is 22.6. The molecule has 0 amide bonds. The molecule has 1 nitrogen and oxygen atoms in total. The zero-order valence-corrected chi connectivity index (χ0v) is 37.7. The molecular formula is C63H49NS. The normalized spacial score (nSPS) is 14.7. The van der Waals surface area contributed by atoms with E-state index < -0.39 is 0 Å². The number of nitrogens with zero attached hydrogens (tertiary/aromatic N) is 1. The predicted molar refractivity (Wildman–Crippen MR) is 284 cm³/mol. The van der Waals surface area contributed by atoms with Crippen LogP contribution in [0.5, 0.6) is 0 Å². The van der Waals surface area contributed by atoms with Crippen LogP contribution in [-0.2, 0) is 5.41 Å². The fourth-order valence-corrected chi connectivity index (χ4v) is 10.8. The van der Waals surface area contributed by atoms with Gasteiger partial charge in [0.15, 0.2) is 0 Å². The van der Waals surface area contributed by atoms with E-state index in [1.165, 1.54) is 66.1 Å². The minimum absolute atomic E-state index is 0.234. The number of hydrogen-bond donors (Lipinski definition) is 1. The molecule has 0 atom stereocenters. The van der Waals surface area contributed by atoms with E-state index >= 15 is 0 Å². The highest BCUT2D eigenvalue weighted by Gasteiger charge is 2.39. The van der Waals surface area contributed by atoms with Gasteiger partial charge in [-0.05, 0) is 149 Å². The predicted octanol–water partition coefficient (Wildman–Crippen LogP) is 17.7. The lowest BCUT2D eigenvalue weighted by Gasteiger charge is -2.29. The van der Waals surface area contributed by atoms with Crippen molar-refractivity contribution in [2.75, 3.05) is 4.90 Å². The standard InChI is InChI=1S/C63H49NS/c1-41-18-15-16-37-64(48-33-29-45(30-34-48)44-21-9-6-10-22-44)58-28-17-27-53(60(41)58)56-39-47(59(65)38-42(2)43-19-7-5-8-20-43)32-35-49(56)46-31-36-55-57(40-46)63(3,4)62-54-26-14-12-24-51(54)50-23-11-13-25-52(50)61(55)62/h5-14,16-17,19-40,65H,1-2,15,18H2,3-4H3/b37-16-,59-38-. The maximum Gasteiger partial charge on any atom is 0.0536 e. The van der Waals surface area contributed by atoms with E-state index in [1.54, 1.807) is 0 Å². The fraction of sp³-hybridized carbons (Fsp3) is 0.0794. The number of benzene rings is 9. The van der Waals surface area contributed by atoms with E-state index in [0.717, 1.165) is 68.1 Å². The number of anilines is 2. The summed E-state index contributed by atoms with van der Waals surface area (Å²) in [5, 5.41) is 5.25. The molecule has 0 N–H and O–H groups in total. The molecule has 0 saturated heterocycles. The Labute approximate surface area is 388 Å². The molecule has 0 spiro atoms. The Hall–Kier alpha value is -7.39. The molecule has 1 heterocycles. The third-order valence-electron chi connectivity index (χ3n) is 13.7. The summed E-state index contributed by atoms with van der Waals surface area (Å²) >= 11 is 5.16. The summed E-state index contributed by atoms with van der Waals surface area (Å²) in [4.78, 5) is 3.19.